The molecule has 0 saturated heterocycles. The molecule has 154 valence electrons. The van der Waals surface area contributed by atoms with Gasteiger partial charge in [0.15, 0.2) is 0 Å². The van der Waals surface area contributed by atoms with Gasteiger partial charge in [-0.05, 0) is 47.8 Å². The van der Waals surface area contributed by atoms with E-state index in [-0.39, 0.29) is 29.3 Å². The highest BCUT2D eigenvalue weighted by Crippen LogP contribution is 2.59. The highest BCUT2D eigenvalue weighted by Gasteiger charge is 2.62. The molecule has 2 saturated carbocycles. The van der Waals surface area contributed by atoms with Gasteiger partial charge < -0.3 is 9.47 Å². The summed E-state index contributed by atoms with van der Waals surface area (Å²) in [4.78, 5) is 12.6. The van der Waals surface area contributed by atoms with E-state index in [0.717, 1.165) is 18.4 Å². The SMILES string of the molecule is CC1(C)C(COCc2ccc(-c3ccccc3)cc2)C1C(=O)OC1CCCCC1. The molecule has 2 atom stereocenters. The smallest absolute Gasteiger partial charge is 0.310 e. The molecule has 0 aromatic heterocycles. The van der Waals surface area contributed by atoms with Gasteiger partial charge >= 0.3 is 5.97 Å². The Morgan fingerprint density at radius 2 is 1.59 bits per heavy atom. The van der Waals surface area contributed by atoms with Crippen LogP contribution >= 0.6 is 0 Å². The van der Waals surface area contributed by atoms with Crippen LogP contribution in [0.15, 0.2) is 54.6 Å². The fraction of sp³-hybridized carbons (Fsp3) is 0.500. The van der Waals surface area contributed by atoms with Crippen LogP contribution in [0.25, 0.3) is 11.1 Å². The van der Waals surface area contributed by atoms with Crippen molar-refractivity contribution in [2.75, 3.05) is 6.61 Å². The van der Waals surface area contributed by atoms with Crippen LogP contribution in [0, 0.1) is 17.3 Å². The van der Waals surface area contributed by atoms with Crippen molar-refractivity contribution in [2.45, 2.75) is 58.7 Å². The van der Waals surface area contributed by atoms with Gasteiger partial charge in [-0.15, -0.1) is 0 Å². The van der Waals surface area contributed by atoms with E-state index >= 15 is 0 Å². The van der Waals surface area contributed by atoms with E-state index in [9.17, 15) is 4.79 Å². The van der Waals surface area contributed by atoms with Crippen molar-refractivity contribution in [2.24, 2.45) is 17.3 Å². The number of carbonyl (C=O) groups excluding carboxylic acids is 1. The molecular weight excluding hydrogens is 360 g/mol. The topological polar surface area (TPSA) is 35.5 Å². The molecule has 3 heteroatoms. The summed E-state index contributed by atoms with van der Waals surface area (Å²) >= 11 is 0. The quantitative estimate of drug-likeness (QED) is 0.541. The van der Waals surface area contributed by atoms with E-state index < -0.39 is 0 Å². The summed E-state index contributed by atoms with van der Waals surface area (Å²) in [7, 11) is 0. The average molecular weight is 393 g/mol. The summed E-state index contributed by atoms with van der Waals surface area (Å²) in [6, 6.07) is 18.9. The van der Waals surface area contributed by atoms with Crippen molar-refractivity contribution in [3.05, 3.63) is 60.2 Å². The van der Waals surface area contributed by atoms with Crippen molar-refractivity contribution in [3.63, 3.8) is 0 Å². The zero-order valence-electron chi connectivity index (χ0n) is 17.6. The first kappa shape index (κ1) is 20.2. The molecule has 2 aromatic carbocycles. The molecule has 2 aliphatic carbocycles. The molecule has 4 rings (SSSR count). The molecule has 3 nitrogen and oxygen atoms in total. The predicted octanol–water partition coefficient (Wildman–Crippen LogP) is 6.02. The maximum absolute atomic E-state index is 12.6. The molecular formula is C26H32O3. The Bertz CT molecular complexity index is 804. The zero-order valence-corrected chi connectivity index (χ0v) is 17.6. The molecule has 29 heavy (non-hydrogen) atoms. The van der Waals surface area contributed by atoms with E-state index in [4.69, 9.17) is 9.47 Å². The number of hydrogen-bond acceptors (Lipinski definition) is 3. The Morgan fingerprint density at radius 1 is 0.931 bits per heavy atom. The van der Waals surface area contributed by atoms with Crippen LogP contribution in [-0.2, 0) is 20.9 Å². The summed E-state index contributed by atoms with van der Waals surface area (Å²) in [6.45, 7) is 5.49. The average Bonchev–Trinajstić information content (AvgIpc) is 3.30. The highest BCUT2D eigenvalue weighted by atomic mass is 16.5. The van der Waals surface area contributed by atoms with Gasteiger partial charge in [-0.2, -0.15) is 0 Å². The van der Waals surface area contributed by atoms with E-state index in [1.165, 1.54) is 30.4 Å². The third kappa shape index (κ3) is 4.72. The Labute approximate surface area is 174 Å². The normalized spacial score (nSPS) is 23.5. The van der Waals surface area contributed by atoms with E-state index in [0.29, 0.717) is 13.2 Å². The van der Waals surface area contributed by atoms with Crippen LogP contribution in [0.3, 0.4) is 0 Å². The van der Waals surface area contributed by atoms with Crippen LogP contribution in [0.5, 0.6) is 0 Å². The third-order valence-corrected chi connectivity index (χ3v) is 6.77. The first-order valence-corrected chi connectivity index (χ1v) is 11.0. The van der Waals surface area contributed by atoms with E-state index in [1.54, 1.807) is 0 Å². The monoisotopic (exact) mass is 392 g/mol. The lowest BCUT2D eigenvalue weighted by atomic mass is 9.98. The lowest BCUT2D eigenvalue weighted by Crippen LogP contribution is -2.23. The van der Waals surface area contributed by atoms with E-state index in [1.807, 2.05) is 6.07 Å². The lowest BCUT2D eigenvalue weighted by molar-refractivity contribution is -0.153. The van der Waals surface area contributed by atoms with Crippen molar-refractivity contribution in [3.8, 4) is 11.1 Å². The minimum Gasteiger partial charge on any atom is -0.462 e. The molecule has 2 aromatic rings. The Kier molecular flexibility index (Phi) is 6.05. The van der Waals surface area contributed by atoms with Crippen LogP contribution in [0.1, 0.15) is 51.5 Å². The minimum absolute atomic E-state index is 0.0114. The van der Waals surface area contributed by atoms with Crippen LogP contribution in [0.4, 0.5) is 0 Å². The van der Waals surface area contributed by atoms with Gasteiger partial charge in [-0.25, -0.2) is 0 Å². The predicted molar refractivity (Wildman–Crippen MR) is 115 cm³/mol. The first-order chi connectivity index (χ1) is 14.1. The van der Waals surface area contributed by atoms with Gasteiger partial charge in [-0.1, -0.05) is 74.9 Å². The molecule has 0 aliphatic heterocycles. The summed E-state index contributed by atoms with van der Waals surface area (Å²) in [5, 5.41) is 0. The molecule has 0 spiro atoms. The van der Waals surface area contributed by atoms with Crippen molar-refractivity contribution in [1.82, 2.24) is 0 Å². The number of rotatable bonds is 7. The lowest BCUT2D eigenvalue weighted by Gasteiger charge is -2.22. The Hall–Kier alpha value is -2.13. The van der Waals surface area contributed by atoms with Crippen molar-refractivity contribution < 1.29 is 14.3 Å². The zero-order chi connectivity index (χ0) is 20.3. The fourth-order valence-corrected chi connectivity index (χ4v) is 4.67. The van der Waals surface area contributed by atoms with Crippen LogP contribution in [-0.4, -0.2) is 18.7 Å². The molecule has 0 N–H and O–H groups in total. The second kappa shape index (κ2) is 8.71. The second-order valence-electron chi connectivity index (χ2n) is 9.18. The van der Waals surface area contributed by atoms with Crippen LogP contribution < -0.4 is 0 Å². The van der Waals surface area contributed by atoms with Gasteiger partial charge in [-0.3, -0.25) is 4.79 Å². The molecule has 0 radical (unpaired) electrons. The molecule has 2 fully saturated rings. The van der Waals surface area contributed by atoms with Crippen LogP contribution in [0.2, 0.25) is 0 Å². The number of hydrogen-bond donors (Lipinski definition) is 0. The maximum atomic E-state index is 12.6. The molecule has 2 unspecified atom stereocenters. The van der Waals surface area contributed by atoms with Gasteiger partial charge in [0.2, 0.25) is 0 Å². The number of carbonyl (C=O) groups is 1. The van der Waals surface area contributed by atoms with E-state index in [2.05, 4.69) is 62.4 Å². The summed E-state index contributed by atoms with van der Waals surface area (Å²) in [5.74, 6) is 0.217. The number of esters is 1. The number of benzene rings is 2. The summed E-state index contributed by atoms with van der Waals surface area (Å²) in [6.07, 6.45) is 5.82. The van der Waals surface area contributed by atoms with Crippen molar-refractivity contribution >= 4 is 5.97 Å². The third-order valence-electron chi connectivity index (χ3n) is 6.77. The Balaban J connectivity index is 1.25. The number of ether oxygens (including phenoxy) is 2. The Morgan fingerprint density at radius 3 is 2.28 bits per heavy atom. The first-order valence-electron chi connectivity index (χ1n) is 11.0. The van der Waals surface area contributed by atoms with Crippen molar-refractivity contribution in [1.29, 1.82) is 0 Å². The molecule has 0 heterocycles. The van der Waals surface area contributed by atoms with Gasteiger partial charge in [0.1, 0.15) is 6.10 Å². The maximum Gasteiger partial charge on any atom is 0.310 e. The van der Waals surface area contributed by atoms with Gasteiger partial charge in [0.05, 0.1) is 19.1 Å². The minimum atomic E-state index is -0.0249. The molecule has 0 bridgehead atoms. The standard InChI is InChI=1S/C26H32O3/c1-26(2)23(24(26)25(27)29-22-11-7-4-8-12-22)18-28-17-19-13-15-21(16-14-19)20-9-5-3-6-10-20/h3,5-6,9-10,13-16,22-24H,4,7-8,11-12,17-18H2,1-2H3. The fourth-order valence-electron chi connectivity index (χ4n) is 4.67. The molecule has 2 aliphatic rings. The largest absolute Gasteiger partial charge is 0.462 e. The summed E-state index contributed by atoms with van der Waals surface area (Å²) in [5.41, 5.74) is 3.56. The van der Waals surface area contributed by atoms with Gasteiger partial charge in [0.25, 0.3) is 0 Å². The summed E-state index contributed by atoms with van der Waals surface area (Å²) < 4.78 is 11.8. The highest BCUT2D eigenvalue weighted by molar-refractivity contribution is 5.77. The second-order valence-corrected chi connectivity index (χ2v) is 9.18. The molecule has 0 amide bonds. The van der Waals surface area contributed by atoms with Gasteiger partial charge in [0, 0.05) is 5.92 Å².